The number of Topliss-reactive ketones (excluding diaryl/α,β-unsaturated/α-hetero) is 1. The van der Waals surface area contributed by atoms with E-state index in [1.807, 2.05) is 0 Å². The van der Waals surface area contributed by atoms with E-state index in [0.717, 1.165) is 11.8 Å². The summed E-state index contributed by atoms with van der Waals surface area (Å²) in [6, 6.07) is 0. The first-order chi connectivity index (χ1) is 11.2. The molecular formula is C15H23ClO6S2. The van der Waals surface area contributed by atoms with E-state index in [0.29, 0.717) is 13.0 Å². The van der Waals surface area contributed by atoms with Crippen LogP contribution in [0.5, 0.6) is 0 Å². The van der Waals surface area contributed by atoms with Crippen LogP contribution in [0.1, 0.15) is 40.5 Å². The lowest BCUT2D eigenvalue weighted by molar-refractivity contribution is -0.151. The molecule has 0 aromatic carbocycles. The molecule has 0 aromatic rings. The Morgan fingerprint density at radius 1 is 1.17 bits per heavy atom. The van der Waals surface area contributed by atoms with E-state index in [4.69, 9.17) is 38.0 Å². The molecule has 0 N–H and O–H groups in total. The summed E-state index contributed by atoms with van der Waals surface area (Å²) < 4.78 is 15.9. The standard InChI is InChI=1S/C15H23ClO6S2/c1-5-20-15(23)24-14(22-13(19)8-16)7-12(21-11(4)18)6-9(2)10(3)17/h9,12,14H,5-8H2,1-4H3. The Bertz CT molecular complexity index is 457. The van der Waals surface area contributed by atoms with Gasteiger partial charge in [0.1, 0.15) is 17.8 Å². The molecular weight excluding hydrogens is 376 g/mol. The van der Waals surface area contributed by atoms with Gasteiger partial charge in [0, 0.05) is 19.3 Å². The molecule has 0 heterocycles. The number of carbonyl (C=O) groups excluding carboxylic acids is 3. The maximum absolute atomic E-state index is 11.5. The maximum Gasteiger partial charge on any atom is 0.322 e. The van der Waals surface area contributed by atoms with Crippen LogP contribution < -0.4 is 0 Å². The van der Waals surface area contributed by atoms with E-state index in [1.165, 1.54) is 13.8 Å². The van der Waals surface area contributed by atoms with Crippen LogP contribution in [0.15, 0.2) is 0 Å². The molecule has 0 amide bonds. The van der Waals surface area contributed by atoms with Gasteiger partial charge >= 0.3 is 11.9 Å². The maximum atomic E-state index is 11.5. The van der Waals surface area contributed by atoms with Gasteiger partial charge in [-0.25, -0.2) is 0 Å². The van der Waals surface area contributed by atoms with Gasteiger partial charge < -0.3 is 14.2 Å². The van der Waals surface area contributed by atoms with Crippen LogP contribution in [0.3, 0.4) is 0 Å². The number of alkyl halides is 1. The lowest BCUT2D eigenvalue weighted by atomic mass is 9.98. The summed E-state index contributed by atoms with van der Waals surface area (Å²) in [4.78, 5) is 34.2. The van der Waals surface area contributed by atoms with Gasteiger partial charge in [-0.05, 0) is 44.2 Å². The van der Waals surface area contributed by atoms with Gasteiger partial charge in [-0.3, -0.25) is 14.4 Å². The first kappa shape index (κ1) is 23.1. The monoisotopic (exact) mass is 398 g/mol. The molecule has 3 unspecified atom stereocenters. The Morgan fingerprint density at radius 3 is 2.25 bits per heavy atom. The number of ether oxygens (including phenoxy) is 3. The number of carbonyl (C=O) groups is 3. The second kappa shape index (κ2) is 12.5. The van der Waals surface area contributed by atoms with Crippen LogP contribution in [-0.2, 0) is 28.6 Å². The number of esters is 2. The van der Waals surface area contributed by atoms with E-state index in [9.17, 15) is 14.4 Å². The molecule has 24 heavy (non-hydrogen) atoms. The zero-order valence-electron chi connectivity index (χ0n) is 14.2. The zero-order valence-corrected chi connectivity index (χ0v) is 16.6. The minimum absolute atomic E-state index is 0.0149. The summed E-state index contributed by atoms with van der Waals surface area (Å²) in [5, 5.41) is 0. The molecule has 0 saturated carbocycles. The number of halogens is 1. The first-order valence-corrected chi connectivity index (χ1v) is 9.28. The van der Waals surface area contributed by atoms with Crippen LogP contribution >= 0.6 is 35.6 Å². The van der Waals surface area contributed by atoms with Gasteiger partial charge in [0.15, 0.2) is 5.44 Å². The summed E-state index contributed by atoms with van der Waals surface area (Å²) in [6.07, 6.45) is -0.0878. The average Bonchev–Trinajstić information content (AvgIpc) is 2.46. The van der Waals surface area contributed by atoms with Crippen molar-refractivity contribution in [3.63, 3.8) is 0 Å². The summed E-state index contributed by atoms with van der Waals surface area (Å²) in [6.45, 7) is 6.67. The number of rotatable bonds is 10. The third kappa shape index (κ3) is 10.8. The smallest absolute Gasteiger partial charge is 0.322 e. The highest BCUT2D eigenvalue weighted by molar-refractivity contribution is 8.22. The number of thiocarbonyl (C=S) groups is 1. The summed E-state index contributed by atoms with van der Waals surface area (Å²) in [7, 11) is 0. The Hall–Kier alpha value is -0.860. The van der Waals surface area contributed by atoms with Gasteiger partial charge in [-0.2, -0.15) is 0 Å². The minimum Gasteiger partial charge on any atom is -0.479 e. The van der Waals surface area contributed by atoms with E-state index < -0.39 is 23.5 Å². The van der Waals surface area contributed by atoms with Crippen molar-refractivity contribution in [2.45, 2.75) is 52.1 Å². The van der Waals surface area contributed by atoms with Crippen molar-refractivity contribution in [1.82, 2.24) is 0 Å². The van der Waals surface area contributed by atoms with Crippen LogP contribution in [-0.4, -0.2) is 46.1 Å². The molecule has 0 aromatic heterocycles. The highest BCUT2D eigenvalue weighted by Gasteiger charge is 2.27. The van der Waals surface area contributed by atoms with Crippen molar-refractivity contribution in [2.24, 2.45) is 5.92 Å². The molecule has 0 saturated heterocycles. The van der Waals surface area contributed by atoms with Crippen molar-refractivity contribution in [2.75, 3.05) is 12.5 Å². The van der Waals surface area contributed by atoms with Crippen LogP contribution in [0, 0.1) is 5.92 Å². The van der Waals surface area contributed by atoms with E-state index in [-0.39, 0.29) is 28.4 Å². The van der Waals surface area contributed by atoms with Crippen molar-refractivity contribution >= 4 is 57.7 Å². The van der Waals surface area contributed by atoms with Gasteiger partial charge in [0.05, 0.1) is 6.61 Å². The Morgan fingerprint density at radius 2 is 1.79 bits per heavy atom. The quantitative estimate of drug-likeness (QED) is 0.240. The van der Waals surface area contributed by atoms with E-state index in [2.05, 4.69) is 0 Å². The normalized spacial score (nSPS) is 14.2. The molecule has 0 fully saturated rings. The molecule has 0 aliphatic carbocycles. The molecule has 0 rings (SSSR count). The Balaban J connectivity index is 5.01. The fourth-order valence-electron chi connectivity index (χ4n) is 1.76. The minimum atomic E-state index is -0.723. The lowest BCUT2D eigenvalue weighted by Crippen LogP contribution is -2.29. The fourth-order valence-corrected chi connectivity index (χ4v) is 3.13. The zero-order chi connectivity index (χ0) is 18.7. The summed E-state index contributed by atoms with van der Waals surface area (Å²) in [5.41, 5.74) is -0.723. The molecule has 0 radical (unpaired) electrons. The van der Waals surface area contributed by atoms with Crippen LogP contribution in [0.4, 0.5) is 0 Å². The van der Waals surface area contributed by atoms with Gasteiger partial charge in [0.2, 0.25) is 4.38 Å². The second-order valence-electron chi connectivity index (χ2n) is 5.07. The number of hydrogen-bond donors (Lipinski definition) is 0. The predicted molar refractivity (Wildman–Crippen MR) is 97.0 cm³/mol. The number of ketones is 1. The molecule has 3 atom stereocenters. The van der Waals surface area contributed by atoms with Crippen molar-refractivity contribution in [1.29, 1.82) is 0 Å². The molecule has 6 nitrogen and oxygen atoms in total. The highest BCUT2D eigenvalue weighted by Crippen LogP contribution is 2.25. The Labute approximate surface area is 156 Å². The first-order valence-electron chi connectivity index (χ1n) is 7.46. The predicted octanol–water partition coefficient (Wildman–Crippen LogP) is 3.09. The summed E-state index contributed by atoms with van der Waals surface area (Å²) >= 11 is 11.5. The van der Waals surface area contributed by atoms with Crippen LogP contribution in [0.25, 0.3) is 0 Å². The highest BCUT2D eigenvalue weighted by atomic mass is 35.5. The van der Waals surface area contributed by atoms with Gasteiger partial charge in [0.25, 0.3) is 0 Å². The molecule has 9 heteroatoms. The third-order valence-electron chi connectivity index (χ3n) is 2.96. The largest absolute Gasteiger partial charge is 0.479 e. The number of thioether (sulfide) groups is 1. The molecule has 138 valence electrons. The Kier molecular flexibility index (Phi) is 12.0. The van der Waals surface area contributed by atoms with Gasteiger partial charge in [-0.15, -0.1) is 11.6 Å². The van der Waals surface area contributed by atoms with Crippen molar-refractivity contribution in [3.05, 3.63) is 0 Å². The summed E-state index contributed by atoms with van der Waals surface area (Å²) in [5.74, 6) is -1.70. The fraction of sp³-hybridized carbons (Fsp3) is 0.733. The van der Waals surface area contributed by atoms with Crippen molar-refractivity contribution < 1.29 is 28.6 Å². The SMILES string of the molecule is CCOC(=S)SC(CC(CC(C)C(C)=O)OC(C)=O)OC(=O)CCl. The number of hydrogen-bond acceptors (Lipinski definition) is 8. The molecule has 0 aliphatic heterocycles. The topological polar surface area (TPSA) is 78.9 Å². The van der Waals surface area contributed by atoms with E-state index in [1.54, 1.807) is 13.8 Å². The molecule has 0 spiro atoms. The van der Waals surface area contributed by atoms with E-state index >= 15 is 0 Å². The lowest BCUT2D eigenvalue weighted by Gasteiger charge is -2.24. The average molecular weight is 399 g/mol. The van der Waals surface area contributed by atoms with Crippen molar-refractivity contribution in [3.8, 4) is 0 Å². The molecule has 0 bridgehead atoms. The van der Waals surface area contributed by atoms with Gasteiger partial charge in [-0.1, -0.05) is 6.92 Å². The third-order valence-corrected chi connectivity index (χ3v) is 4.45. The second-order valence-corrected chi connectivity index (χ2v) is 7.10. The molecule has 0 aliphatic rings. The van der Waals surface area contributed by atoms with Crippen LogP contribution in [0.2, 0.25) is 0 Å².